The standard InChI is InChI=1S/C8H17NO/c1-4-9(5-2)7(3)8-6-10-8/h7-8H,4-6H2,1-3H3. The van der Waals surface area contributed by atoms with Gasteiger partial charge in [-0.15, -0.1) is 0 Å². The summed E-state index contributed by atoms with van der Waals surface area (Å²) in [5.41, 5.74) is 0. The van der Waals surface area contributed by atoms with Crippen LogP contribution in [0.25, 0.3) is 0 Å². The fourth-order valence-electron chi connectivity index (χ4n) is 1.37. The maximum Gasteiger partial charge on any atom is 0.0961 e. The summed E-state index contributed by atoms with van der Waals surface area (Å²) in [7, 11) is 0. The molecule has 0 amide bonds. The van der Waals surface area contributed by atoms with Crippen LogP contribution in [-0.4, -0.2) is 36.7 Å². The molecule has 2 unspecified atom stereocenters. The minimum Gasteiger partial charge on any atom is -0.371 e. The third kappa shape index (κ3) is 1.70. The van der Waals surface area contributed by atoms with Crippen LogP contribution in [0.1, 0.15) is 20.8 Å². The van der Waals surface area contributed by atoms with E-state index in [0.717, 1.165) is 19.7 Å². The largest absolute Gasteiger partial charge is 0.371 e. The van der Waals surface area contributed by atoms with Crippen molar-refractivity contribution in [2.75, 3.05) is 19.7 Å². The fourth-order valence-corrected chi connectivity index (χ4v) is 1.37. The highest BCUT2D eigenvalue weighted by atomic mass is 16.6. The van der Waals surface area contributed by atoms with Crippen molar-refractivity contribution in [2.24, 2.45) is 0 Å². The first kappa shape index (κ1) is 8.02. The Morgan fingerprint density at radius 1 is 1.50 bits per heavy atom. The van der Waals surface area contributed by atoms with E-state index in [0.29, 0.717) is 12.1 Å². The van der Waals surface area contributed by atoms with Gasteiger partial charge in [-0.05, 0) is 20.0 Å². The molecule has 60 valence electrons. The second-order valence-electron chi connectivity index (χ2n) is 2.83. The number of likely N-dealkylation sites (N-methyl/N-ethyl adjacent to an activating group) is 1. The van der Waals surface area contributed by atoms with Gasteiger partial charge in [-0.3, -0.25) is 4.90 Å². The maximum absolute atomic E-state index is 5.21. The Bertz CT molecular complexity index is 97.4. The van der Waals surface area contributed by atoms with Gasteiger partial charge in [0.2, 0.25) is 0 Å². The van der Waals surface area contributed by atoms with E-state index in [-0.39, 0.29) is 0 Å². The van der Waals surface area contributed by atoms with E-state index in [1.807, 2.05) is 0 Å². The quantitative estimate of drug-likeness (QED) is 0.548. The summed E-state index contributed by atoms with van der Waals surface area (Å²) < 4.78 is 5.21. The average molecular weight is 143 g/mol. The van der Waals surface area contributed by atoms with E-state index in [2.05, 4.69) is 25.7 Å². The topological polar surface area (TPSA) is 15.8 Å². The van der Waals surface area contributed by atoms with Gasteiger partial charge in [-0.25, -0.2) is 0 Å². The van der Waals surface area contributed by atoms with Crippen LogP contribution in [-0.2, 0) is 4.74 Å². The summed E-state index contributed by atoms with van der Waals surface area (Å²) in [5.74, 6) is 0. The lowest BCUT2D eigenvalue weighted by atomic mass is 10.2. The highest BCUT2D eigenvalue weighted by Gasteiger charge is 2.31. The van der Waals surface area contributed by atoms with Crippen molar-refractivity contribution in [3.63, 3.8) is 0 Å². The molecule has 0 aromatic rings. The van der Waals surface area contributed by atoms with E-state index in [4.69, 9.17) is 4.74 Å². The highest BCUT2D eigenvalue weighted by molar-refractivity contribution is 4.82. The zero-order valence-electron chi connectivity index (χ0n) is 7.13. The predicted molar refractivity (Wildman–Crippen MR) is 42.1 cm³/mol. The Balaban J connectivity index is 2.27. The van der Waals surface area contributed by atoms with Crippen molar-refractivity contribution >= 4 is 0 Å². The van der Waals surface area contributed by atoms with Crippen molar-refractivity contribution in [3.8, 4) is 0 Å². The van der Waals surface area contributed by atoms with Crippen LogP contribution in [0.2, 0.25) is 0 Å². The van der Waals surface area contributed by atoms with Crippen LogP contribution in [0.15, 0.2) is 0 Å². The van der Waals surface area contributed by atoms with Gasteiger partial charge < -0.3 is 4.74 Å². The molecule has 0 aromatic carbocycles. The van der Waals surface area contributed by atoms with Gasteiger partial charge in [0, 0.05) is 6.04 Å². The monoisotopic (exact) mass is 143 g/mol. The van der Waals surface area contributed by atoms with Crippen LogP contribution in [0.4, 0.5) is 0 Å². The van der Waals surface area contributed by atoms with Crippen LogP contribution in [0, 0.1) is 0 Å². The summed E-state index contributed by atoms with van der Waals surface area (Å²) in [6, 6.07) is 0.620. The molecule has 0 saturated carbocycles. The van der Waals surface area contributed by atoms with Gasteiger partial charge >= 0.3 is 0 Å². The van der Waals surface area contributed by atoms with Crippen LogP contribution in [0.3, 0.4) is 0 Å². The van der Waals surface area contributed by atoms with E-state index in [1.54, 1.807) is 0 Å². The molecule has 1 aliphatic heterocycles. The summed E-state index contributed by atoms with van der Waals surface area (Å²) >= 11 is 0. The highest BCUT2D eigenvalue weighted by Crippen LogP contribution is 2.18. The number of ether oxygens (including phenoxy) is 1. The smallest absolute Gasteiger partial charge is 0.0961 e. The minimum absolute atomic E-state index is 0.528. The van der Waals surface area contributed by atoms with Crippen molar-refractivity contribution in [3.05, 3.63) is 0 Å². The first-order valence-electron chi connectivity index (χ1n) is 4.15. The molecular formula is C8H17NO. The summed E-state index contributed by atoms with van der Waals surface area (Å²) in [4.78, 5) is 2.43. The zero-order chi connectivity index (χ0) is 7.56. The normalized spacial score (nSPS) is 27.0. The van der Waals surface area contributed by atoms with Crippen molar-refractivity contribution < 1.29 is 4.74 Å². The van der Waals surface area contributed by atoms with E-state index in [1.165, 1.54) is 0 Å². The molecule has 0 aromatic heterocycles. The third-order valence-electron chi connectivity index (χ3n) is 2.29. The fraction of sp³-hybridized carbons (Fsp3) is 1.00. The molecule has 1 saturated heterocycles. The zero-order valence-corrected chi connectivity index (χ0v) is 7.13. The molecule has 2 nitrogen and oxygen atoms in total. The number of hydrogen-bond acceptors (Lipinski definition) is 2. The van der Waals surface area contributed by atoms with Gasteiger partial charge in [0.05, 0.1) is 12.7 Å². The van der Waals surface area contributed by atoms with Crippen molar-refractivity contribution in [1.82, 2.24) is 4.90 Å². The Morgan fingerprint density at radius 3 is 2.30 bits per heavy atom. The molecule has 1 aliphatic rings. The van der Waals surface area contributed by atoms with Crippen molar-refractivity contribution in [1.29, 1.82) is 0 Å². The molecule has 0 spiro atoms. The molecule has 10 heavy (non-hydrogen) atoms. The SMILES string of the molecule is CCN(CC)C(C)C1CO1. The molecule has 0 bridgehead atoms. The van der Waals surface area contributed by atoms with Gasteiger partial charge in [0.25, 0.3) is 0 Å². The Labute approximate surface area is 63.2 Å². The Hall–Kier alpha value is -0.0800. The Kier molecular flexibility index (Phi) is 2.69. The van der Waals surface area contributed by atoms with Crippen LogP contribution in [0.5, 0.6) is 0 Å². The maximum atomic E-state index is 5.21. The summed E-state index contributed by atoms with van der Waals surface area (Å²) in [5, 5.41) is 0. The van der Waals surface area contributed by atoms with E-state index >= 15 is 0 Å². The van der Waals surface area contributed by atoms with Gasteiger partial charge in [0.15, 0.2) is 0 Å². The lowest BCUT2D eigenvalue weighted by Crippen LogP contribution is -2.36. The minimum atomic E-state index is 0.528. The number of epoxide rings is 1. The number of hydrogen-bond donors (Lipinski definition) is 0. The lowest BCUT2D eigenvalue weighted by molar-refractivity contribution is 0.190. The molecule has 2 heteroatoms. The van der Waals surface area contributed by atoms with Crippen LogP contribution >= 0.6 is 0 Å². The Morgan fingerprint density at radius 2 is 2.00 bits per heavy atom. The molecule has 1 rings (SSSR count). The number of nitrogens with zero attached hydrogens (tertiary/aromatic N) is 1. The third-order valence-corrected chi connectivity index (χ3v) is 2.29. The molecule has 1 fully saturated rings. The average Bonchev–Trinajstić information content (AvgIpc) is 2.71. The molecular weight excluding hydrogens is 126 g/mol. The lowest BCUT2D eigenvalue weighted by Gasteiger charge is -2.24. The second-order valence-corrected chi connectivity index (χ2v) is 2.83. The van der Waals surface area contributed by atoms with Crippen LogP contribution < -0.4 is 0 Å². The molecule has 0 aliphatic carbocycles. The first-order valence-corrected chi connectivity index (χ1v) is 4.15. The van der Waals surface area contributed by atoms with Crippen molar-refractivity contribution in [2.45, 2.75) is 32.9 Å². The first-order chi connectivity index (χ1) is 4.79. The van der Waals surface area contributed by atoms with E-state index in [9.17, 15) is 0 Å². The summed E-state index contributed by atoms with van der Waals surface area (Å²) in [6.07, 6.45) is 0.528. The molecule has 1 heterocycles. The molecule has 0 N–H and O–H groups in total. The van der Waals surface area contributed by atoms with Gasteiger partial charge in [-0.2, -0.15) is 0 Å². The number of rotatable bonds is 4. The molecule has 0 radical (unpaired) electrons. The van der Waals surface area contributed by atoms with Gasteiger partial charge in [0.1, 0.15) is 0 Å². The molecule has 2 atom stereocenters. The summed E-state index contributed by atoms with van der Waals surface area (Å²) in [6.45, 7) is 9.88. The van der Waals surface area contributed by atoms with Gasteiger partial charge in [-0.1, -0.05) is 13.8 Å². The predicted octanol–water partition coefficient (Wildman–Crippen LogP) is 1.12. The van der Waals surface area contributed by atoms with E-state index < -0.39 is 0 Å². The second kappa shape index (κ2) is 3.35.